The van der Waals surface area contributed by atoms with E-state index in [1.807, 2.05) is 0 Å². The van der Waals surface area contributed by atoms with E-state index in [0.717, 1.165) is 12.3 Å². The Morgan fingerprint density at radius 3 is 1.70 bits per heavy atom. The highest BCUT2D eigenvalue weighted by molar-refractivity contribution is 7.79. The van der Waals surface area contributed by atoms with Gasteiger partial charge in [0.15, 0.2) is 0 Å². The van der Waals surface area contributed by atoms with Crippen molar-refractivity contribution in [3.8, 4) is 0 Å². The maximum absolute atomic E-state index is 8.74. The van der Waals surface area contributed by atoms with Crippen LogP contribution in [0.4, 0.5) is 0 Å². The molecule has 0 aromatic heterocycles. The molecule has 1 atom stereocenters. The smallest absolute Gasteiger partial charge is 0.394 e. The van der Waals surface area contributed by atoms with Crippen LogP contribution in [0.15, 0.2) is 0 Å². The van der Waals surface area contributed by atoms with Gasteiger partial charge in [0.05, 0.1) is 0 Å². The van der Waals surface area contributed by atoms with Gasteiger partial charge in [-0.3, -0.25) is 9.11 Å². The van der Waals surface area contributed by atoms with Crippen LogP contribution in [0.3, 0.4) is 0 Å². The van der Waals surface area contributed by atoms with Crippen LogP contribution in [0.5, 0.6) is 0 Å². The molecule has 20 heavy (non-hydrogen) atoms. The van der Waals surface area contributed by atoms with Gasteiger partial charge < -0.3 is 5.11 Å². The van der Waals surface area contributed by atoms with Gasteiger partial charge in [-0.2, -0.15) is 8.42 Å². The lowest BCUT2D eigenvalue weighted by Gasteiger charge is -2.10. The van der Waals surface area contributed by atoms with Crippen molar-refractivity contribution in [2.45, 2.75) is 78.1 Å². The van der Waals surface area contributed by atoms with Crippen LogP contribution in [0.2, 0.25) is 0 Å². The second-order valence-corrected chi connectivity index (χ2v) is 6.22. The van der Waals surface area contributed by atoms with Crippen molar-refractivity contribution < 1.29 is 22.6 Å². The molecule has 0 bridgehead atoms. The predicted molar refractivity (Wildman–Crippen MR) is 82.3 cm³/mol. The van der Waals surface area contributed by atoms with Crippen molar-refractivity contribution >= 4 is 10.4 Å². The molecule has 124 valence electrons. The van der Waals surface area contributed by atoms with Crippen molar-refractivity contribution in [3.05, 3.63) is 0 Å². The highest BCUT2D eigenvalue weighted by atomic mass is 32.3. The van der Waals surface area contributed by atoms with Gasteiger partial charge in [0.1, 0.15) is 0 Å². The van der Waals surface area contributed by atoms with Crippen LogP contribution in [-0.2, 0) is 10.4 Å². The topological polar surface area (TPSA) is 94.8 Å². The molecule has 0 heterocycles. The molecule has 0 rings (SSSR count). The Morgan fingerprint density at radius 2 is 1.25 bits per heavy atom. The van der Waals surface area contributed by atoms with E-state index in [0.29, 0.717) is 6.61 Å². The third kappa shape index (κ3) is 30.7. The average molecular weight is 312 g/mol. The number of unbranched alkanes of at least 4 members (excludes halogenated alkanes) is 6. The van der Waals surface area contributed by atoms with E-state index in [1.54, 1.807) is 0 Å². The van der Waals surface area contributed by atoms with Crippen molar-refractivity contribution in [2.24, 2.45) is 5.92 Å². The third-order valence-corrected chi connectivity index (χ3v) is 3.16. The van der Waals surface area contributed by atoms with Crippen LogP contribution in [0.25, 0.3) is 0 Å². The minimum Gasteiger partial charge on any atom is -0.396 e. The highest BCUT2D eigenvalue weighted by Crippen LogP contribution is 2.17. The quantitative estimate of drug-likeness (QED) is 0.397. The summed E-state index contributed by atoms with van der Waals surface area (Å²) >= 11 is 0. The Balaban J connectivity index is 0. The van der Waals surface area contributed by atoms with Gasteiger partial charge in [0, 0.05) is 6.61 Å². The molecule has 0 spiro atoms. The van der Waals surface area contributed by atoms with Crippen molar-refractivity contribution in [3.63, 3.8) is 0 Å². The maximum Gasteiger partial charge on any atom is 0.394 e. The number of hydrogen-bond acceptors (Lipinski definition) is 3. The Labute approximate surface area is 124 Å². The van der Waals surface area contributed by atoms with Gasteiger partial charge in [-0.1, -0.05) is 71.6 Å². The zero-order chi connectivity index (χ0) is 15.9. The van der Waals surface area contributed by atoms with Gasteiger partial charge in [0.25, 0.3) is 0 Å². The minimum atomic E-state index is -4.67. The molecular formula is C14H32O5S. The van der Waals surface area contributed by atoms with Gasteiger partial charge in [0.2, 0.25) is 0 Å². The first-order chi connectivity index (χ1) is 9.31. The molecule has 0 aliphatic rings. The highest BCUT2D eigenvalue weighted by Gasteiger charge is 2.01. The van der Waals surface area contributed by atoms with E-state index in [2.05, 4.69) is 13.8 Å². The number of aliphatic hydroxyl groups excluding tert-OH is 1. The standard InChI is InChI=1S/C14H30O.H2O4S/c1-3-4-8-11-14(2)12-9-6-5-7-10-13-15;1-5(2,3)4/h14-15H,3-13H2,1-2H3;(H2,1,2,3,4). The molecule has 0 radical (unpaired) electrons. The minimum absolute atomic E-state index is 0.368. The first-order valence-electron chi connectivity index (χ1n) is 7.62. The Morgan fingerprint density at radius 1 is 0.850 bits per heavy atom. The van der Waals surface area contributed by atoms with Crippen LogP contribution in [-0.4, -0.2) is 29.2 Å². The van der Waals surface area contributed by atoms with Gasteiger partial charge in [-0.25, -0.2) is 0 Å². The molecular weight excluding hydrogens is 280 g/mol. The van der Waals surface area contributed by atoms with Crippen LogP contribution in [0.1, 0.15) is 78.1 Å². The van der Waals surface area contributed by atoms with Crippen molar-refractivity contribution in [2.75, 3.05) is 6.61 Å². The summed E-state index contributed by atoms with van der Waals surface area (Å²) in [5, 5.41) is 8.63. The summed E-state index contributed by atoms with van der Waals surface area (Å²) in [5.41, 5.74) is 0. The van der Waals surface area contributed by atoms with Gasteiger partial charge in [-0.15, -0.1) is 0 Å². The first-order valence-corrected chi connectivity index (χ1v) is 9.01. The van der Waals surface area contributed by atoms with Crippen LogP contribution in [0, 0.1) is 5.92 Å². The fourth-order valence-corrected chi connectivity index (χ4v) is 2.02. The fraction of sp³-hybridized carbons (Fsp3) is 1.00. The lowest BCUT2D eigenvalue weighted by atomic mass is 9.96. The second kappa shape index (κ2) is 15.2. The van der Waals surface area contributed by atoms with E-state index >= 15 is 0 Å². The van der Waals surface area contributed by atoms with Crippen LogP contribution < -0.4 is 0 Å². The molecule has 0 aromatic carbocycles. The van der Waals surface area contributed by atoms with E-state index in [9.17, 15) is 0 Å². The summed E-state index contributed by atoms with van der Waals surface area (Å²) in [7, 11) is -4.67. The summed E-state index contributed by atoms with van der Waals surface area (Å²) < 4.78 is 31.6. The zero-order valence-electron chi connectivity index (χ0n) is 12.9. The Bertz CT molecular complexity index is 269. The number of aliphatic hydroxyl groups is 1. The molecule has 3 N–H and O–H groups in total. The van der Waals surface area contributed by atoms with Crippen LogP contribution >= 0.6 is 0 Å². The second-order valence-electron chi connectivity index (χ2n) is 5.33. The molecule has 0 amide bonds. The SMILES string of the molecule is CCCCCC(C)CCCCCCCO.O=S(=O)(O)O. The normalized spacial score (nSPS) is 12.7. The van der Waals surface area contributed by atoms with Crippen molar-refractivity contribution in [1.82, 2.24) is 0 Å². The summed E-state index contributed by atoms with van der Waals surface area (Å²) in [6, 6.07) is 0. The van der Waals surface area contributed by atoms with E-state index in [4.69, 9.17) is 22.6 Å². The fourth-order valence-electron chi connectivity index (χ4n) is 2.02. The predicted octanol–water partition coefficient (Wildman–Crippen LogP) is 3.88. The Hall–Kier alpha value is -0.170. The lowest BCUT2D eigenvalue weighted by molar-refractivity contribution is 0.282. The molecule has 0 aromatic rings. The summed E-state index contributed by atoms with van der Waals surface area (Å²) in [6.45, 7) is 5.03. The van der Waals surface area contributed by atoms with E-state index in [1.165, 1.54) is 57.8 Å². The molecule has 0 aliphatic heterocycles. The molecule has 5 nitrogen and oxygen atoms in total. The third-order valence-electron chi connectivity index (χ3n) is 3.16. The Kier molecular flexibility index (Phi) is 16.8. The number of hydrogen-bond donors (Lipinski definition) is 3. The van der Waals surface area contributed by atoms with Crippen molar-refractivity contribution in [1.29, 1.82) is 0 Å². The molecule has 0 fully saturated rings. The summed E-state index contributed by atoms with van der Waals surface area (Å²) in [6.07, 6.45) is 13.2. The molecule has 0 aliphatic carbocycles. The molecule has 0 saturated heterocycles. The summed E-state index contributed by atoms with van der Waals surface area (Å²) in [5.74, 6) is 0.925. The average Bonchev–Trinajstić information content (AvgIpc) is 2.32. The molecule has 1 unspecified atom stereocenters. The maximum atomic E-state index is 8.74. The van der Waals surface area contributed by atoms with Gasteiger partial charge >= 0.3 is 10.4 Å². The zero-order valence-corrected chi connectivity index (χ0v) is 13.7. The number of rotatable bonds is 11. The lowest BCUT2D eigenvalue weighted by Crippen LogP contribution is -1.95. The largest absolute Gasteiger partial charge is 0.396 e. The first kappa shape index (κ1) is 22.1. The van der Waals surface area contributed by atoms with E-state index in [-0.39, 0.29) is 0 Å². The molecule has 6 heteroatoms. The van der Waals surface area contributed by atoms with Gasteiger partial charge in [-0.05, 0) is 12.3 Å². The van der Waals surface area contributed by atoms with E-state index < -0.39 is 10.4 Å². The molecule has 0 saturated carbocycles. The summed E-state index contributed by atoms with van der Waals surface area (Å²) in [4.78, 5) is 0. The monoisotopic (exact) mass is 312 g/mol.